The lowest BCUT2D eigenvalue weighted by atomic mass is 9.81. The van der Waals surface area contributed by atoms with Crippen molar-refractivity contribution in [2.75, 3.05) is 0 Å². The summed E-state index contributed by atoms with van der Waals surface area (Å²) in [6, 6.07) is 4.80. The number of carbonyl (C=O) groups excluding carboxylic acids is 1. The number of nitriles is 1. The fourth-order valence-electron chi connectivity index (χ4n) is 1.50. The number of nitro groups is 1. The Morgan fingerprint density at radius 1 is 1.61 bits per heavy atom. The number of hydrogen-bond donors (Lipinski definition) is 0. The monoisotopic (exact) mass is 250 g/mol. The molecule has 0 saturated carbocycles. The number of halogens is 1. The molecule has 6 heteroatoms. The van der Waals surface area contributed by atoms with Crippen molar-refractivity contribution in [1.82, 2.24) is 0 Å². The Bertz CT molecular complexity index is 551. The molecule has 1 aromatic carbocycles. The van der Waals surface area contributed by atoms with E-state index in [1.165, 1.54) is 13.8 Å². The van der Waals surface area contributed by atoms with E-state index in [0.717, 1.165) is 18.2 Å². The quantitative estimate of drug-likeness (QED) is 0.606. The second kappa shape index (κ2) is 4.92. The molecule has 0 aliphatic carbocycles. The predicted molar refractivity (Wildman–Crippen MR) is 61.2 cm³/mol. The number of benzene rings is 1. The molecule has 0 radical (unpaired) electrons. The van der Waals surface area contributed by atoms with Crippen molar-refractivity contribution >= 4 is 11.5 Å². The third-order valence-corrected chi connectivity index (χ3v) is 2.81. The minimum Gasteiger partial charge on any atom is -0.298 e. The van der Waals surface area contributed by atoms with Crippen LogP contribution in [-0.4, -0.2) is 10.7 Å². The Kier molecular flexibility index (Phi) is 3.76. The summed E-state index contributed by atoms with van der Waals surface area (Å²) in [7, 11) is 0. The SMILES string of the molecule is CC(=O)C(C)(C#N)Cc1cc(F)ccc1[N+](=O)[O-]. The fourth-order valence-corrected chi connectivity index (χ4v) is 1.50. The summed E-state index contributed by atoms with van der Waals surface area (Å²) in [5.74, 6) is -1.05. The van der Waals surface area contributed by atoms with E-state index in [-0.39, 0.29) is 17.7 Å². The van der Waals surface area contributed by atoms with Gasteiger partial charge in [0.15, 0.2) is 0 Å². The maximum absolute atomic E-state index is 13.1. The molecule has 1 rings (SSSR count). The smallest absolute Gasteiger partial charge is 0.272 e. The highest BCUT2D eigenvalue weighted by Gasteiger charge is 2.32. The number of rotatable bonds is 4. The van der Waals surface area contributed by atoms with E-state index < -0.39 is 21.9 Å². The van der Waals surface area contributed by atoms with Gasteiger partial charge in [0.05, 0.1) is 11.0 Å². The molecule has 1 atom stereocenters. The summed E-state index contributed by atoms with van der Waals surface area (Å²) < 4.78 is 13.1. The van der Waals surface area contributed by atoms with Gasteiger partial charge in [-0.1, -0.05) is 0 Å². The van der Waals surface area contributed by atoms with E-state index in [0.29, 0.717) is 0 Å². The number of Topliss-reactive ketones (excluding diaryl/α,β-unsaturated/α-hetero) is 1. The topological polar surface area (TPSA) is 84.0 Å². The zero-order chi connectivity index (χ0) is 13.9. The molecule has 0 spiro atoms. The number of carbonyl (C=O) groups is 1. The van der Waals surface area contributed by atoms with Crippen molar-refractivity contribution in [3.8, 4) is 6.07 Å². The van der Waals surface area contributed by atoms with Crippen LogP contribution in [0, 0.1) is 32.7 Å². The van der Waals surface area contributed by atoms with E-state index in [2.05, 4.69) is 0 Å². The Morgan fingerprint density at radius 3 is 2.67 bits per heavy atom. The highest BCUT2D eigenvalue weighted by atomic mass is 19.1. The number of nitro benzene ring substituents is 1. The van der Waals surface area contributed by atoms with Gasteiger partial charge in [-0.15, -0.1) is 0 Å². The van der Waals surface area contributed by atoms with Crippen LogP contribution in [0.4, 0.5) is 10.1 Å². The molecular weight excluding hydrogens is 239 g/mol. The van der Waals surface area contributed by atoms with Crippen LogP contribution in [0.2, 0.25) is 0 Å². The minimum atomic E-state index is -1.39. The van der Waals surface area contributed by atoms with Gasteiger partial charge in [-0.3, -0.25) is 14.9 Å². The van der Waals surface area contributed by atoms with E-state index >= 15 is 0 Å². The lowest BCUT2D eigenvalue weighted by Crippen LogP contribution is -2.26. The van der Waals surface area contributed by atoms with E-state index in [1.54, 1.807) is 0 Å². The van der Waals surface area contributed by atoms with Crippen LogP contribution < -0.4 is 0 Å². The first-order valence-corrected chi connectivity index (χ1v) is 5.15. The Hall–Kier alpha value is -2.29. The highest BCUT2D eigenvalue weighted by Crippen LogP contribution is 2.29. The Labute approximate surface area is 103 Å². The summed E-state index contributed by atoms with van der Waals surface area (Å²) in [6.45, 7) is 2.61. The van der Waals surface area contributed by atoms with Gasteiger partial charge in [0.1, 0.15) is 17.0 Å². The average molecular weight is 250 g/mol. The summed E-state index contributed by atoms with van der Waals surface area (Å²) in [6.07, 6.45) is -0.188. The van der Waals surface area contributed by atoms with Crippen molar-refractivity contribution in [2.24, 2.45) is 5.41 Å². The largest absolute Gasteiger partial charge is 0.298 e. The molecule has 1 unspecified atom stereocenters. The molecule has 5 nitrogen and oxygen atoms in total. The predicted octanol–water partition coefficient (Wildman–Crippen LogP) is 2.40. The number of nitrogens with zero attached hydrogens (tertiary/aromatic N) is 2. The van der Waals surface area contributed by atoms with E-state index in [9.17, 15) is 19.3 Å². The van der Waals surface area contributed by atoms with Gasteiger partial charge in [0.2, 0.25) is 0 Å². The van der Waals surface area contributed by atoms with E-state index in [4.69, 9.17) is 5.26 Å². The van der Waals surface area contributed by atoms with Crippen LogP contribution in [0.25, 0.3) is 0 Å². The number of hydrogen-bond acceptors (Lipinski definition) is 4. The molecule has 0 heterocycles. The van der Waals surface area contributed by atoms with Crippen LogP contribution in [0.5, 0.6) is 0 Å². The first-order valence-electron chi connectivity index (χ1n) is 5.15. The third-order valence-electron chi connectivity index (χ3n) is 2.81. The third kappa shape index (κ3) is 2.69. The zero-order valence-electron chi connectivity index (χ0n) is 9.94. The van der Waals surface area contributed by atoms with Gasteiger partial charge < -0.3 is 0 Å². The highest BCUT2D eigenvalue weighted by molar-refractivity contribution is 5.85. The summed E-state index contributed by atoms with van der Waals surface area (Å²) in [5, 5.41) is 19.8. The number of ketones is 1. The minimum absolute atomic E-state index is 0.0410. The van der Waals surface area contributed by atoms with Crippen molar-refractivity contribution in [1.29, 1.82) is 5.26 Å². The average Bonchev–Trinajstić information content (AvgIpc) is 2.28. The van der Waals surface area contributed by atoms with Crippen molar-refractivity contribution in [2.45, 2.75) is 20.3 Å². The molecule has 0 aromatic heterocycles. The van der Waals surface area contributed by atoms with E-state index in [1.807, 2.05) is 6.07 Å². The molecule has 0 saturated heterocycles. The van der Waals surface area contributed by atoms with Gasteiger partial charge in [-0.05, 0) is 26.0 Å². The lowest BCUT2D eigenvalue weighted by molar-refractivity contribution is -0.385. The van der Waals surface area contributed by atoms with Gasteiger partial charge in [0, 0.05) is 18.1 Å². The molecule has 0 N–H and O–H groups in total. The molecule has 0 fully saturated rings. The van der Waals surface area contributed by atoms with Crippen molar-refractivity contribution in [3.63, 3.8) is 0 Å². The van der Waals surface area contributed by atoms with Crippen LogP contribution in [0.1, 0.15) is 19.4 Å². The van der Waals surface area contributed by atoms with Crippen LogP contribution in [0.3, 0.4) is 0 Å². The van der Waals surface area contributed by atoms with Gasteiger partial charge in [-0.25, -0.2) is 4.39 Å². The molecule has 0 aliphatic heterocycles. The lowest BCUT2D eigenvalue weighted by Gasteiger charge is -2.17. The second-order valence-corrected chi connectivity index (χ2v) is 4.21. The van der Waals surface area contributed by atoms with Crippen molar-refractivity contribution < 1.29 is 14.1 Å². The Balaban J connectivity index is 3.26. The Morgan fingerprint density at radius 2 is 2.22 bits per heavy atom. The maximum Gasteiger partial charge on any atom is 0.272 e. The standard InChI is InChI=1S/C12H11FN2O3/c1-8(16)12(2,7-14)6-9-5-10(13)3-4-11(9)15(17)18/h3-5H,6H2,1-2H3. The summed E-state index contributed by atoms with van der Waals surface area (Å²) in [5.41, 5.74) is -1.64. The first kappa shape index (κ1) is 13.8. The molecule has 1 aromatic rings. The summed E-state index contributed by atoms with van der Waals surface area (Å²) >= 11 is 0. The first-order chi connectivity index (χ1) is 8.30. The summed E-state index contributed by atoms with van der Waals surface area (Å²) in [4.78, 5) is 21.5. The molecule has 0 bridgehead atoms. The van der Waals surface area contributed by atoms with Gasteiger partial charge in [0.25, 0.3) is 5.69 Å². The maximum atomic E-state index is 13.1. The second-order valence-electron chi connectivity index (χ2n) is 4.21. The van der Waals surface area contributed by atoms with Gasteiger partial charge >= 0.3 is 0 Å². The van der Waals surface area contributed by atoms with Crippen LogP contribution >= 0.6 is 0 Å². The van der Waals surface area contributed by atoms with Gasteiger partial charge in [-0.2, -0.15) is 5.26 Å². The fraction of sp³-hybridized carbons (Fsp3) is 0.333. The molecular formula is C12H11FN2O3. The molecule has 94 valence electrons. The molecule has 18 heavy (non-hydrogen) atoms. The van der Waals surface area contributed by atoms with Crippen LogP contribution in [0.15, 0.2) is 18.2 Å². The molecule has 0 aliphatic rings. The normalized spacial score (nSPS) is 13.4. The zero-order valence-corrected chi connectivity index (χ0v) is 9.94. The van der Waals surface area contributed by atoms with Crippen molar-refractivity contribution in [3.05, 3.63) is 39.7 Å². The molecule has 0 amide bonds. The van der Waals surface area contributed by atoms with Crippen LogP contribution in [-0.2, 0) is 11.2 Å².